The Kier molecular flexibility index (Phi) is 5.31. The fourth-order valence-electron chi connectivity index (χ4n) is 0.574. The molecule has 1 aromatic carbocycles. The van der Waals surface area contributed by atoms with E-state index in [1.165, 1.54) is 17.5 Å². The summed E-state index contributed by atoms with van der Waals surface area (Å²) in [5.74, 6) is -1.13. The Labute approximate surface area is 75.7 Å². The molecule has 0 saturated carbocycles. The highest BCUT2D eigenvalue weighted by Gasteiger charge is 1.85. The molecule has 1 rings (SSSR count). The van der Waals surface area contributed by atoms with Crippen molar-refractivity contribution >= 4 is 18.6 Å². The van der Waals surface area contributed by atoms with Crippen LogP contribution in [0.25, 0.3) is 0 Å². The van der Waals surface area contributed by atoms with Crippen molar-refractivity contribution < 1.29 is 9.90 Å². The molecule has 62 valence electrons. The summed E-state index contributed by atoms with van der Waals surface area (Å²) in [6.45, 7) is 0. The van der Waals surface area contributed by atoms with Crippen LogP contribution in [0, 0.1) is 10.7 Å². The lowest BCUT2D eigenvalue weighted by atomic mass is 10.2. The van der Waals surface area contributed by atoms with Crippen molar-refractivity contribution in [2.45, 2.75) is 0 Å². The van der Waals surface area contributed by atoms with E-state index in [1.54, 1.807) is 18.2 Å². The minimum absolute atomic E-state index is 0.220. The number of carbonyl (C=O) groups is 1. The van der Waals surface area contributed by atoms with Crippen LogP contribution in [0.5, 0.6) is 0 Å². The zero-order valence-corrected chi connectivity index (χ0v) is 6.88. The van der Waals surface area contributed by atoms with E-state index in [4.69, 9.17) is 5.26 Å². The van der Waals surface area contributed by atoms with Crippen LogP contribution in [-0.2, 0) is 12.6 Å². The van der Waals surface area contributed by atoms with Crippen molar-refractivity contribution in [1.82, 2.24) is 0 Å². The normalized spacial score (nSPS) is 7.25. The lowest BCUT2D eigenvalue weighted by Gasteiger charge is -1.97. The molecule has 0 aliphatic carbocycles. The molecule has 0 amide bonds. The number of nitriles is 1. The van der Waals surface area contributed by atoms with Crippen molar-refractivity contribution in [3.63, 3.8) is 0 Å². The standard InChI is InChI=1S/C7H6O2.CHNS/c8-7(9)6-4-2-1-3-5-6;2-1-3/h1-5H,(H,8,9);3H/p-2. The summed E-state index contributed by atoms with van der Waals surface area (Å²) in [7, 11) is 0. The maximum atomic E-state index is 10.1. The third-order valence-corrected chi connectivity index (χ3v) is 1.01. The van der Waals surface area contributed by atoms with Crippen molar-refractivity contribution in [3.05, 3.63) is 35.9 Å². The Bertz CT molecular complexity index is 279. The average molecular weight is 179 g/mol. The van der Waals surface area contributed by atoms with E-state index in [-0.39, 0.29) is 5.56 Å². The van der Waals surface area contributed by atoms with Gasteiger partial charge in [0.2, 0.25) is 0 Å². The molecule has 0 saturated heterocycles. The third-order valence-electron chi connectivity index (χ3n) is 1.01. The number of carboxylic acid groups (broad SMARTS) is 1. The number of hydrogen-bond acceptors (Lipinski definition) is 4. The second-order valence-corrected chi connectivity index (χ2v) is 1.93. The van der Waals surface area contributed by atoms with Crippen LogP contribution in [0.3, 0.4) is 0 Å². The molecule has 0 unspecified atom stereocenters. The van der Waals surface area contributed by atoms with E-state index in [0.717, 1.165) is 0 Å². The monoisotopic (exact) mass is 179 g/mol. The fraction of sp³-hybridized carbons (Fsp3) is 0. The largest absolute Gasteiger partial charge is 0.696 e. The van der Waals surface area contributed by atoms with E-state index in [2.05, 4.69) is 12.6 Å². The van der Waals surface area contributed by atoms with Gasteiger partial charge in [0.1, 0.15) is 0 Å². The third kappa shape index (κ3) is 4.25. The number of rotatable bonds is 1. The Morgan fingerprint density at radius 3 is 2.08 bits per heavy atom. The summed E-state index contributed by atoms with van der Waals surface area (Å²) >= 11 is 3.70. The van der Waals surface area contributed by atoms with Gasteiger partial charge in [-0.15, -0.1) is 0 Å². The highest BCUT2D eigenvalue weighted by Crippen LogP contribution is 1.94. The van der Waals surface area contributed by atoms with Gasteiger partial charge < -0.3 is 22.5 Å². The summed E-state index contributed by atoms with van der Waals surface area (Å²) in [5.41, 5.74) is 0.220. The lowest BCUT2D eigenvalue weighted by Crippen LogP contribution is -2.21. The van der Waals surface area contributed by atoms with Gasteiger partial charge in [0.25, 0.3) is 0 Å². The maximum Gasteiger partial charge on any atom is 0.0715 e. The molecule has 3 nitrogen and oxygen atoms in total. The number of thiocyanates is 1. The Morgan fingerprint density at radius 1 is 1.42 bits per heavy atom. The first kappa shape index (κ1) is 10.4. The van der Waals surface area contributed by atoms with Gasteiger partial charge >= 0.3 is 0 Å². The Hall–Kier alpha value is -1.60. The van der Waals surface area contributed by atoms with Crippen molar-refractivity contribution in [3.8, 4) is 5.40 Å². The SMILES string of the molecule is N#C[S-].O=C([O-])c1ccccc1. The first-order valence-electron chi connectivity index (χ1n) is 3.00. The van der Waals surface area contributed by atoms with E-state index >= 15 is 0 Å². The predicted molar refractivity (Wildman–Crippen MR) is 43.8 cm³/mol. The van der Waals surface area contributed by atoms with Crippen molar-refractivity contribution in [2.24, 2.45) is 0 Å². The molecule has 0 bridgehead atoms. The molecule has 0 heterocycles. The Balaban J connectivity index is 0.000000354. The number of nitrogens with zero attached hydrogens (tertiary/aromatic N) is 1. The topological polar surface area (TPSA) is 63.9 Å². The highest BCUT2D eigenvalue weighted by molar-refractivity contribution is 7.64. The number of aromatic carboxylic acids is 1. The van der Waals surface area contributed by atoms with E-state index in [0.29, 0.717) is 0 Å². The molecule has 0 radical (unpaired) electrons. The van der Waals surface area contributed by atoms with Gasteiger partial charge in [-0.2, -0.15) is 0 Å². The zero-order valence-electron chi connectivity index (χ0n) is 6.06. The molecule has 0 aliphatic rings. The maximum absolute atomic E-state index is 10.1. The van der Waals surface area contributed by atoms with E-state index in [1.807, 2.05) is 0 Å². The van der Waals surface area contributed by atoms with Gasteiger partial charge in [-0.05, 0) is 5.56 Å². The fourth-order valence-corrected chi connectivity index (χ4v) is 0.574. The summed E-state index contributed by atoms with van der Waals surface area (Å²) in [5, 5.41) is 18.6. The van der Waals surface area contributed by atoms with Crippen LogP contribution >= 0.6 is 0 Å². The van der Waals surface area contributed by atoms with Crippen LogP contribution in [0.4, 0.5) is 0 Å². The molecular formula is C8H5NO2S-2. The molecule has 1 aromatic rings. The van der Waals surface area contributed by atoms with Crippen molar-refractivity contribution in [1.29, 1.82) is 5.26 Å². The molecule has 0 fully saturated rings. The van der Waals surface area contributed by atoms with Gasteiger partial charge in [-0.3, -0.25) is 0 Å². The number of carbonyl (C=O) groups excluding carboxylic acids is 1. The number of carboxylic acids is 1. The van der Waals surface area contributed by atoms with Crippen LogP contribution in [-0.4, -0.2) is 5.97 Å². The molecule has 0 N–H and O–H groups in total. The van der Waals surface area contributed by atoms with Gasteiger partial charge in [-0.25, -0.2) is 5.26 Å². The first-order valence-corrected chi connectivity index (χ1v) is 3.40. The highest BCUT2D eigenvalue weighted by atomic mass is 32.1. The van der Waals surface area contributed by atoms with Crippen molar-refractivity contribution in [2.75, 3.05) is 0 Å². The summed E-state index contributed by atoms with van der Waals surface area (Å²) < 4.78 is 0. The molecule has 0 aromatic heterocycles. The van der Waals surface area contributed by atoms with Crippen LogP contribution < -0.4 is 5.11 Å². The molecule has 4 heteroatoms. The summed E-state index contributed by atoms with van der Waals surface area (Å²) in [6, 6.07) is 8.06. The summed E-state index contributed by atoms with van der Waals surface area (Å²) in [6.07, 6.45) is 0. The second kappa shape index (κ2) is 6.13. The van der Waals surface area contributed by atoms with E-state index < -0.39 is 5.97 Å². The average Bonchev–Trinajstić information content (AvgIpc) is 2.07. The van der Waals surface area contributed by atoms with E-state index in [9.17, 15) is 9.90 Å². The van der Waals surface area contributed by atoms with Gasteiger partial charge in [0.15, 0.2) is 0 Å². The van der Waals surface area contributed by atoms with Gasteiger partial charge in [-0.1, -0.05) is 35.7 Å². The summed E-state index contributed by atoms with van der Waals surface area (Å²) in [4.78, 5) is 10.1. The number of benzene rings is 1. The minimum Gasteiger partial charge on any atom is -0.696 e. The quantitative estimate of drug-likeness (QED) is 0.452. The number of hydrogen-bond donors (Lipinski definition) is 0. The lowest BCUT2D eigenvalue weighted by molar-refractivity contribution is -0.255. The second-order valence-electron chi connectivity index (χ2n) is 1.74. The minimum atomic E-state index is -1.13. The van der Waals surface area contributed by atoms with Crippen LogP contribution in [0.2, 0.25) is 0 Å². The van der Waals surface area contributed by atoms with Crippen LogP contribution in [0.1, 0.15) is 10.4 Å². The smallest absolute Gasteiger partial charge is 0.0715 e. The Morgan fingerprint density at radius 2 is 1.83 bits per heavy atom. The zero-order chi connectivity index (χ0) is 9.40. The predicted octanol–water partition coefficient (Wildman–Crippen LogP) is 0.0645. The molecule has 0 atom stereocenters. The van der Waals surface area contributed by atoms with Gasteiger partial charge in [0.05, 0.1) is 5.97 Å². The molecule has 0 spiro atoms. The first-order chi connectivity index (χ1) is 5.72. The molecule has 0 aliphatic heterocycles. The van der Waals surface area contributed by atoms with Crippen LogP contribution in [0.15, 0.2) is 30.3 Å². The van der Waals surface area contributed by atoms with Gasteiger partial charge in [0, 0.05) is 0 Å². The molecular weight excluding hydrogens is 174 g/mol. The molecule has 12 heavy (non-hydrogen) atoms.